The van der Waals surface area contributed by atoms with Crippen LogP contribution in [0.3, 0.4) is 0 Å². The summed E-state index contributed by atoms with van der Waals surface area (Å²) in [5.41, 5.74) is 0.857. The molecule has 0 aromatic carbocycles. The van der Waals surface area contributed by atoms with Gasteiger partial charge in [0.05, 0.1) is 11.6 Å². The average molecular weight is 251 g/mol. The lowest BCUT2D eigenvalue weighted by molar-refractivity contribution is 0.311. The van der Waals surface area contributed by atoms with Crippen LogP contribution in [0.1, 0.15) is 32.1 Å². The summed E-state index contributed by atoms with van der Waals surface area (Å²) >= 11 is 6.01. The molecule has 4 nitrogen and oxygen atoms in total. The van der Waals surface area contributed by atoms with Crippen LogP contribution in [0, 0.1) is 5.92 Å². The largest absolute Gasteiger partial charge is 0.247 e. The number of aromatic nitrogens is 4. The van der Waals surface area contributed by atoms with Crippen LogP contribution in [-0.4, -0.2) is 19.7 Å². The second kappa shape index (κ2) is 4.61. The molecule has 1 fully saturated rings. The number of fused-ring (bicyclic) bond motifs is 1. The third-order valence-electron chi connectivity index (χ3n) is 3.54. The minimum atomic E-state index is 0.491. The van der Waals surface area contributed by atoms with Crippen molar-refractivity contribution in [1.82, 2.24) is 19.7 Å². The molecule has 0 radical (unpaired) electrons. The molecule has 1 saturated carbocycles. The highest BCUT2D eigenvalue weighted by atomic mass is 35.5. The highest BCUT2D eigenvalue weighted by Crippen LogP contribution is 2.26. The number of halogens is 1. The van der Waals surface area contributed by atoms with Crippen molar-refractivity contribution < 1.29 is 0 Å². The lowest BCUT2D eigenvalue weighted by Crippen LogP contribution is -2.15. The van der Waals surface area contributed by atoms with Crippen LogP contribution in [-0.2, 0) is 6.54 Å². The zero-order chi connectivity index (χ0) is 11.7. The Balaban J connectivity index is 1.87. The molecule has 2 aromatic rings. The van der Waals surface area contributed by atoms with E-state index >= 15 is 0 Å². The Labute approximate surface area is 105 Å². The van der Waals surface area contributed by atoms with Crippen molar-refractivity contribution >= 4 is 22.6 Å². The Morgan fingerprint density at radius 2 is 2.06 bits per heavy atom. The van der Waals surface area contributed by atoms with Crippen molar-refractivity contribution in [2.24, 2.45) is 5.92 Å². The van der Waals surface area contributed by atoms with Crippen molar-refractivity contribution in [3.63, 3.8) is 0 Å². The van der Waals surface area contributed by atoms with Gasteiger partial charge in [-0.3, -0.25) is 0 Å². The molecule has 3 rings (SSSR count). The molecule has 0 bridgehead atoms. The Hall–Kier alpha value is -1.16. The summed E-state index contributed by atoms with van der Waals surface area (Å²) in [5, 5.41) is 5.72. The Morgan fingerprint density at radius 1 is 1.24 bits per heavy atom. The SMILES string of the molecule is Clc1ncnc2c1cnn2CC1CCCCC1. The molecule has 1 aliphatic carbocycles. The fourth-order valence-electron chi connectivity index (χ4n) is 2.61. The van der Waals surface area contributed by atoms with Crippen molar-refractivity contribution in [2.45, 2.75) is 38.6 Å². The topological polar surface area (TPSA) is 43.6 Å². The lowest BCUT2D eigenvalue weighted by Gasteiger charge is -2.21. The Kier molecular flexibility index (Phi) is 2.97. The van der Waals surface area contributed by atoms with Crippen LogP contribution < -0.4 is 0 Å². The van der Waals surface area contributed by atoms with Crippen LogP contribution >= 0.6 is 11.6 Å². The molecule has 2 heterocycles. The van der Waals surface area contributed by atoms with E-state index in [1.807, 2.05) is 4.68 Å². The first-order valence-corrected chi connectivity index (χ1v) is 6.54. The minimum absolute atomic E-state index is 0.491. The first-order chi connectivity index (χ1) is 8.34. The normalized spacial score (nSPS) is 17.7. The highest BCUT2D eigenvalue weighted by Gasteiger charge is 2.16. The van der Waals surface area contributed by atoms with Gasteiger partial charge in [0.25, 0.3) is 0 Å². The van der Waals surface area contributed by atoms with Gasteiger partial charge in [-0.1, -0.05) is 30.9 Å². The molecular weight excluding hydrogens is 236 g/mol. The lowest BCUT2D eigenvalue weighted by atomic mass is 9.89. The van der Waals surface area contributed by atoms with Gasteiger partial charge in [-0.05, 0) is 18.8 Å². The highest BCUT2D eigenvalue weighted by molar-refractivity contribution is 6.33. The summed E-state index contributed by atoms with van der Waals surface area (Å²) in [6.07, 6.45) is 9.95. The van der Waals surface area contributed by atoms with Crippen LogP contribution in [0.4, 0.5) is 0 Å². The third-order valence-corrected chi connectivity index (χ3v) is 3.84. The molecule has 5 heteroatoms. The molecule has 0 atom stereocenters. The van der Waals surface area contributed by atoms with E-state index in [2.05, 4.69) is 15.1 Å². The maximum absolute atomic E-state index is 6.01. The van der Waals surface area contributed by atoms with Gasteiger partial charge in [-0.25, -0.2) is 14.6 Å². The van der Waals surface area contributed by atoms with E-state index in [4.69, 9.17) is 11.6 Å². The quantitative estimate of drug-likeness (QED) is 0.770. The van der Waals surface area contributed by atoms with E-state index in [9.17, 15) is 0 Å². The standard InChI is InChI=1S/C12H15ClN4/c13-11-10-6-16-17(12(10)15-8-14-11)7-9-4-2-1-3-5-9/h6,8-9H,1-5,7H2. The average Bonchev–Trinajstić information content (AvgIpc) is 2.76. The Bertz CT molecular complexity index is 516. The van der Waals surface area contributed by atoms with Gasteiger partial charge in [0.15, 0.2) is 5.65 Å². The van der Waals surface area contributed by atoms with E-state index in [1.54, 1.807) is 6.20 Å². The van der Waals surface area contributed by atoms with E-state index < -0.39 is 0 Å². The molecule has 0 saturated heterocycles. The molecule has 0 spiro atoms. The van der Waals surface area contributed by atoms with Crippen LogP contribution in [0.2, 0.25) is 5.15 Å². The number of rotatable bonds is 2. The molecule has 90 valence electrons. The minimum Gasteiger partial charge on any atom is -0.247 e. The van der Waals surface area contributed by atoms with E-state index in [1.165, 1.54) is 38.4 Å². The first kappa shape index (κ1) is 11.0. The fourth-order valence-corrected chi connectivity index (χ4v) is 2.79. The van der Waals surface area contributed by atoms with Gasteiger partial charge in [0.2, 0.25) is 0 Å². The maximum atomic E-state index is 6.01. The van der Waals surface area contributed by atoms with Crippen molar-refractivity contribution in [3.05, 3.63) is 17.7 Å². The monoisotopic (exact) mass is 250 g/mol. The van der Waals surface area contributed by atoms with Crippen LogP contribution in [0.5, 0.6) is 0 Å². The van der Waals surface area contributed by atoms with Crippen molar-refractivity contribution in [2.75, 3.05) is 0 Å². The Morgan fingerprint density at radius 3 is 2.88 bits per heavy atom. The molecule has 0 unspecified atom stereocenters. The van der Waals surface area contributed by atoms with Gasteiger partial charge >= 0.3 is 0 Å². The first-order valence-electron chi connectivity index (χ1n) is 6.16. The summed E-state index contributed by atoms with van der Waals surface area (Å²) < 4.78 is 1.97. The van der Waals surface area contributed by atoms with Gasteiger partial charge in [0, 0.05) is 6.54 Å². The van der Waals surface area contributed by atoms with Crippen molar-refractivity contribution in [1.29, 1.82) is 0 Å². The smallest absolute Gasteiger partial charge is 0.162 e. The van der Waals surface area contributed by atoms with Gasteiger partial charge < -0.3 is 0 Å². The number of nitrogens with zero attached hydrogens (tertiary/aromatic N) is 4. The third kappa shape index (κ3) is 2.14. The van der Waals surface area contributed by atoms with Gasteiger partial charge in [-0.2, -0.15) is 5.10 Å². The zero-order valence-electron chi connectivity index (χ0n) is 9.64. The second-order valence-electron chi connectivity index (χ2n) is 4.73. The molecule has 17 heavy (non-hydrogen) atoms. The predicted molar refractivity (Wildman–Crippen MR) is 66.9 cm³/mol. The molecule has 0 aliphatic heterocycles. The van der Waals surface area contributed by atoms with Gasteiger partial charge in [0.1, 0.15) is 11.5 Å². The summed E-state index contributed by atoms with van der Waals surface area (Å²) in [5.74, 6) is 0.737. The number of hydrogen-bond acceptors (Lipinski definition) is 3. The fraction of sp³-hybridized carbons (Fsp3) is 0.583. The van der Waals surface area contributed by atoms with Crippen LogP contribution in [0.25, 0.3) is 11.0 Å². The number of hydrogen-bond donors (Lipinski definition) is 0. The predicted octanol–water partition coefficient (Wildman–Crippen LogP) is 3.06. The maximum Gasteiger partial charge on any atom is 0.162 e. The van der Waals surface area contributed by atoms with E-state index in [-0.39, 0.29) is 0 Å². The van der Waals surface area contributed by atoms with Gasteiger partial charge in [-0.15, -0.1) is 0 Å². The zero-order valence-corrected chi connectivity index (χ0v) is 10.4. The molecular formula is C12H15ClN4. The molecule has 2 aromatic heterocycles. The second-order valence-corrected chi connectivity index (χ2v) is 5.09. The van der Waals surface area contributed by atoms with E-state index in [0.29, 0.717) is 5.15 Å². The molecule has 0 amide bonds. The summed E-state index contributed by atoms with van der Waals surface area (Å²) in [4.78, 5) is 8.24. The summed E-state index contributed by atoms with van der Waals surface area (Å²) in [6, 6.07) is 0. The summed E-state index contributed by atoms with van der Waals surface area (Å²) in [6.45, 7) is 0.955. The molecule has 0 N–H and O–H groups in total. The van der Waals surface area contributed by atoms with Crippen LogP contribution in [0.15, 0.2) is 12.5 Å². The van der Waals surface area contributed by atoms with E-state index in [0.717, 1.165) is 23.5 Å². The molecule has 1 aliphatic rings. The summed E-state index contributed by atoms with van der Waals surface area (Å²) in [7, 11) is 0. The van der Waals surface area contributed by atoms with Crippen molar-refractivity contribution in [3.8, 4) is 0 Å².